The smallest absolute Gasteiger partial charge is 0.490 e. The number of carboxylic acids is 1. The van der Waals surface area contributed by atoms with E-state index in [2.05, 4.69) is 41.6 Å². The molecule has 0 radical (unpaired) electrons. The molecule has 8 nitrogen and oxygen atoms in total. The van der Waals surface area contributed by atoms with Gasteiger partial charge in [-0.1, -0.05) is 13.0 Å². The molecule has 2 aromatic carbocycles. The number of alkyl halides is 3. The molecule has 41 heavy (non-hydrogen) atoms. The highest BCUT2D eigenvalue weighted by atomic mass is 19.4. The fourth-order valence-electron chi connectivity index (χ4n) is 5.48. The highest BCUT2D eigenvalue weighted by Gasteiger charge is 2.50. The molecule has 0 bridgehead atoms. The number of benzene rings is 2. The predicted molar refractivity (Wildman–Crippen MR) is 141 cm³/mol. The zero-order valence-corrected chi connectivity index (χ0v) is 23.0. The van der Waals surface area contributed by atoms with Crippen molar-refractivity contribution in [1.29, 1.82) is 0 Å². The van der Waals surface area contributed by atoms with Crippen molar-refractivity contribution in [2.45, 2.75) is 62.7 Å². The number of anilines is 1. The summed E-state index contributed by atoms with van der Waals surface area (Å²) < 4.78 is 69.8. The number of likely N-dealkylation sites (N-methyl/N-ethyl adjacent to an activating group) is 1. The van der Waals surface area contributed by atoms with Crippen LogP contribution in [0.4, 0.5) is 32.4 Å². The summed E-state index contributed by atoms with van der Waals surface area (Å²) in [6.07, 6.45) is -0.555. The Hall–Kier alpha value is -3.61. The number of carbonyl (C=O) groups is 2. The number of carbonyl (C=O) groups excluding carboxylic acids is 1. The normalized spacial score (nSPS) is 22.1. The first-order valence-electron chi connectivity index (χ1n) is 13.1. The minimum Gasteiger partial charge on any atom is -0.493 e. The molecule has 1 saturated heterocycles. The fraction of sp³-hybridized carbons (Fsp3) is 0.500. The number of hydrogen-bond donors (Lipinski definition) is 3. The van der Waals surface area contributed by atoms with E-state index in [1.54, 1.807) is 7.11 Å². The van der Waals surface area contributed by atoms with Crippen molar-refractivity contribution in [1.82, 2.24) is 10.2 Å². The second-order valence-corrected chi connectivity index (χ2v) is 10.1. The van der Waals surface area contributed by atoms with Crippen LogP contribution in [0.5, 0.6) is 11.5 Å². The maximum Gasteiger partial charge on any atom is 0.490 e. The second-order valence-electron chi connectivity index (χ2n) is 10.1. The molecule has 2 aromatic rings. The number of urea groups is 1. The lowest BCUT2D eigenvalue weighted by Crippen LogP contribution is -2.52. The molecule has 226 valence electrons. The monoisotopic (exact) mass is 587 g/mol. The Morgan fingerprint density at radius 3 is 2.41 bits per heavy atom. The molecule has 1 aliphatic heterocycles. The number of methoxy groups -OCH3 is 1. The van der Waals surface area contributed by atoms with Crippen LogP contribution in [0.1, 0.15) is 44.6 Å². The van der Waals surface area contributed by atoms with E-state index in [1.807, 2.05) is 6.07 Å². The molecule has 1 aliphatic carbocycles. The SMILES string of the molecule is CCCOc1ccc([C@@]23CC[C@@H](NC(=O)Nc4ccc(F)c(F)c4)C[C@@H]2N(C)CC3)cc1OC.O=C(O)C(F)(F)F. The Balaban J connectivity index is 0.000000587. The number of carboxylic acid groups (broad SMARTS) is 1. The third-order valence-corrected chi connectivity index (χ3v) is 7.48. The van der Waals surface area contributed by atoms with Gasteiger partial charge >= 0.3 is 18.2 Å². The summed E-state index contributed by atoms with van der Waals surface area (Å²) >= 11 is 0. The van der Waals surface area contributed by atoms with Crippen LogP contribution in [0.25, 0.3) is 0 Å². The Morgan fingerprint density at radius 2 is 1.80 bits per heavy atom. The summed E-state index contributed by atoms with van der Waals surface area (Å²) in [5.41, 5.74) is 1.45. The highest BCUT2D eigenvalue weighted by Crippen LogP contribution is 2.50. The summed E-state index contributed by atoms with van der Waals surface area (Å²) in [4.78, 5) is 23.8. The number of rotatable bonds is 7. The van der Waals surface area contributed by atoms with Gasteiger partial charge in [-0.25, -0.2) is 18.4 Å². The lowest BCUT2D eigenvalue weighted by atomic mass is 9.65. The van der Waals surface area contributed by atoms with E-state index in [9.17, 15) is 26.7 Å². The van der Waals surface area contributed by atoms with E-state index in [4.69, 9.17) is 19.4 Å². The van der Waals surface area contributed by atoms with Crippen LogP contribution in [-0.2, 0) is 10.2 Å². The van der Waals surface area contributed by atoms with Gasteiger partial charge in [0.2, 0.25) is 0 Å². The molecule has 0 aromatic heterocycles. The lowest BCUT2D eigenvalue weighted by Gasteiger charge is -2.45. The molecule has 2 amide bonds. The fourth-order valence-corrected chi connectivity index (χ4v) is 5.48. The average molecular weight is 588 g/mol. The molecule has 1 saturated carbocycles. The summed E-state index contributed by atoms with van der Waals surface area (Å²) in [5, 5.41) is 12.8. The number of nitrogens with one attached hydrogen (secondary N) is 2. The predicted octanol–water partition coefficient (Wildman–Crippen LogP) is 5.71. The van der Waals surface area contributed by atoms with Gasteiger partial charge in [0.1, 0.15) is 0 Å². The summed E-state index contributed by atoms with van der Waals surface area (Å²) in [7, 11) is 3.80. The summed E-state index contributed by atoms with van der Waals surface area (Å²) in [6.45, 7) is 3.70. The molecule has 1 heterocycles. The van der Waals surface area contributed by atoms with Gasteiger partial charge in [-0.2, -0.15) is 13.2 Å². The van der Waals surface area contributed by atoms with Crippen molar-refractivity contribution in [2.24, 2.45) is 0 Å². The molecule has 2 fully saturated rings. The van der Waals surface area contributed by atoms with Gasteiger partial charge in [0.05, 0.1) is 13.7 Å². The van der Waals surface area contributed by atoms with Gasteiger partial charge in [0.15, 0.2) is 23.1 Å². The molecule has 3 atom stereocenters. The number of nitrogens with zero attached hydrogens (tertiary/aromatic N) is 1. The minimum absolute atomic E-state index is 0.0138. The zero-order chi connectivity index (χ0) is 30.4. The first-order valence-corrected chi connectivity index (χ1v) is 13.1. The van der Waals surface area contributed by atoms with Crippen molar-refractivity contribution in [3.63, 3.8) is 0 Å². The number of likely N-dealkylation sites (tertiary alicyclic amines) is 1. The number of amides is 2. The van der Waals surface area contributed by atoms with Gasteiger partial charge in [0.25, 0.3) is 0 Å². The molecule has 4 rings (SSSR count). The maximum atomic E-state index is 13.5. The zero-order valence-electron chi connectivity index (χ0n) is 23.0. The number of aliphatic carboxylic acids is 1. The maximum absolute atomic E-state index is 13.5. The molecule has 0 spiro atoms. The first kappa shape index (κ1) is 31.9. The van der Waals surface area contributed by atoms with Crippen molar-refractivity contribution in [3.05, 3.63) is 53.6 Å². The van der Waals surface area contributed by atoms with Crippen molar-refractivity contribution >= 4 is 17.7 Å². The number of hydrogen-bond acceptors (Lipinski definition) is 5. The Labute approximate surface area is 234 Å². The standard InChI is InChI=1S/C26H33F2N3O3.C2HF3O2/c1-4-13-34-22-8-5-17(14-23(22)33-3)26-10-9-19(16-24(26)31(2)12-11-26)30-25(32)29-18-6-7-20(27)21(28)15-18;3-2(4,5)1(6)7/h5-8,14-15,19,24H,4,9-13,16H2,1-3H3,(H2,29,30,32);(H,6,7)/t19-,24+,26+;/m1./s1. The Morgan fingerprint density at radius 1 is 1.10 bits per heavy atom. The highest BCUT2D eigenvalue weighted by molar-refractivity contribution is 5.89. The molecule has 13 heteroatoms. The van der Waals surface area contributed by atoms with Crippen molar-refractivity contribution in [2.75, 3.05) is 32.6 Å². The van der Waals surface area contributed by atoms with Crippen LogP contribution >= 0.6 is 0 Å². The lowest BCUT2D eigenvalue weighted by molar-refractivity contribution is -0.192. The summed E-state index contributed by atoms with van der Waals surface area (Å²) in [6, 6.07) is 9.43. The molecule has 3 N–H and O–H groups in total. The van der Waals surface area contributed by atoms with Gasteiger partial charge < -0.3 is 30.1 Å². The third-order valence-electron chi connectivity index (χ3n) is 7.48. The van der Waals surface area contributed by atoms with Crippen LogP contribution in [0.15, 0.2) is 36.4 Å². The molecular weight excluding hydrogens is 553 g/mol. The van der Waals surface area contributed by atoms with E-state index in [1.165, 1.54) is 11.6 Å². The number of ether oxygens (including phenoxy) is 2. The van der Waals surface area contributed by atoms with Gasteiger partial charge in [-0.15, -0.1) is 0 Å². The Bertz CT molecular complexity index is 1230. The first-order chi connectivity index (χ1) is 19.3. The average Bonchev–Trinajstić information content (AvgIpc) is 3.26. The minimum atomic E-state index is -5.08. The second kappa shape index (κ2) is 13.4. The number of halogens is 5. The Kier molecular flexibility index (Phi) is 10.4. The van der Waals surface area contributed by atoms with E-state index < -0.39 is 29.8 Å². The quantitative estimate of drug-likeness (QED) is 0.359. The van der Waals surface area contributed by atoms with Crippen LogP contribution in [0.3, 0.4) is 0 Å². The van der Waals surface area contributed by atoms with Crippen LogP contribution in [-0.4, -0.2) is 67.6 Å². The largest absolute Gasteiger partial charge is 0.493 e. The summed E-state index contributed by atoms with van der Waals surface area (Å²) in [5.74, 6) is -3.18. The van der Waals surface area contributed by atoms with Gasteiger partial charge in [-0.3, -0.25) is 0 Å². The van der Waals surface area contributed by atoms with E-state index in [0.717, 1.165) is 62.3 Å². The third kappa shape index (κ3) is 7.78. The van der Waals surface area contributed by atoms with E-state index in [-0.39, 0.29) is 23.2 Å². The van der Waals surface area contributed by atoms with Crippen LogP contribution in [0, 0.1) is 11.6 Å². The molecule has 2 aliphatic rings. The van der Waals surface area contributed by atoms with Crippen molar-refractivity contribution in [3.8, 4) is 11.5 Å². The molecule has 0 unspecified atom stereocenters. The van der Waals surface area contributed by atoms with E-state index in [0.29, 0.717) is 6.61 Å². The molecular formula is C28H34F5N3O5. The van der Waals surface area contributed by atoms with E-state index >= 15 is 0 Å². The topological polar surface area (TPSA) is 100 Å². The van der Waals surface area contributed by atoms with Crippen molar-refractivity contribution < 1.29 is 46.1 Å². The van der Waals surface area contributed by atoms with Gasteiger partial charge in [0, 0.05) is 29.3 Å². The van der Waals surface area contributed by atoms with Crippen LogP contribution in [0.2, 0.25) is 0 Å². The number of fused-ring (bicyclic) bond motifs is 1. The van der Waals surface area contributed by atoms with Crippen LogP contribution < -0.4 is 20.1 Å². The van der Waals surface area contributed by atoms with Gasteiger partial charge in [-0.05, 0) is 75.5 Å².